The molecule has 2 aromatic rings. The first kappa shape index (κ1) is 21.2. The lowest BCUT2D eigenvalue weighted by Gasteiger charge is -2.14. The van der Waals surface area contributed by atoms with Crippen LogP contribution in [0.25, 0.3) is 0 Å². The number of carbonyl (C=O) groups excluding carboxylic acids is 1. The topological polar surface area (TPSA) is 94.1 Å². The molecule has 0 aliphatic carbocycles. The van der Waals surface area contributed by atoms with E-state index in [0.29, 0.717) is 31.1 Å². The Balaban J connectivity index is 1.77. The second-order valence-electron chi connectivity index (χ2n) is 6.16. The van der Waals surface area contributed by atoms with E-state index in [1.165, 1.54) is 0 Å². The van der Waals surface area contributed by atoms with Gasteiger partial charge in [-0.3, -0.25) is 9.59 Å². The van der Waals surface area contributed by atoms with Crippen LogP contribution in [0.15, 0.2) is 48.5 Å². The Morgan fingerprint density at radius 3 is 2.54 bits per heavy atom. The Kier molecular flexibility index (Phi) is 8.30. The van der Waals surface area contributed by atoms with Crippen molar-refractivity contribution in [2.24, 2.45) is 0 Å². The third-order valence-corrected chi connectivity index (χ3v) is 3.93. The molecule has 0 aliphatic heterocycles. The van der Waals surface area contributed by atoms with Crippen molar-refractivity contribution in [1.29, 1.82) is 0 Å². The first-order valence-electron chi connectivity index (χ1n) is 8.98. The summed E-state index contributed by atoms with van der Waals surface area (Å²) in [6, 6.07) is 14.4. The average Bonchev–Trinajstić information content (AvgIpc) is 2.70. The van der Waals surface area contributed by atoms with Gasteiger partial charge in [-0.2, -0.15) is 0 Å². The smallest absolute Gasteiger partial charge is 0.303 e. The summed E-state index contributed by atoms with van der Waals surface area (Å²) >= 11 is 0. The molecular weight excluding hydrogens is 362 g/mol. The predicted octanol–water partition coefficient (Wildman–Crippen LogP) is 3.48. The number of aliphatic carboxylic acids is 1. The Bertz CT molecular complexity index is 775. The Labute approximate surface area is 164 Å². The number of anilines is 1. The van der Waals surface area contributed by atoms with E-state index in [0.717, 1.165) is 11.3 Å². The minimum atomic E-state index is -0.843. The second kappa shape index (κ2) is 10.9. The van der Waals surface area contributed by atoms with Crippen molar-refractivity contribution in [3.8, 4) is 11.5 Å². The van der Waals surface area contributed by atoms with Crippen LogP contribution in [0.3, 0.4) is 0 Å². The fourth-order valence-corrected chi connectivity index (χ4v) is 2.35. The van der Waals surface area contributed by atoms with Crippen LogP contribution in [-0.4, -0.2) is 36.8 Å². The third-order valence-electron chi connectivity index (χ3n) is 3.93. The van der Waals surface area contributed by atoms with Crippen LogP contribution in [0.1, 0.15) is 25.3 Å². The number of methoxy groups -OCH3 is 1. The number of rotatable bonds is 11. The van der Waals surface area contributed by atoms with E-state index in [-0.39, 0.29) is 12.3 Å². The van der Waals surface area contributed by atoms with Gasteiger partial charge in [-0.15, -0.1) is 0 Å². The van der Waals surface area contributed by atoms with E-state index in [4.69, 9.17) is 19.3 Å². The molecule has 2 N–H and O–H groups in total. The lowest BCUT2D eigenvalue weighted by molar-refractivity contribution is -0.137. The zero-order chi connectivity index (χ0) is 20.4. The molecule has 28 heavy (non-hydrogen) atoms. The van der Waals surface area contributed by atoms with E-state index >= 15 is 0 Å². The lowest BCUT2D eigenvalue weighted by Crippen LogP contribution is -2.27. The van der Waals surface area contributed by atoms with Crippen molar-refractivity contribution in [3.05, 3.63) is 54.1 Å². The molecule has 2 aromatic carbocycles. The number of benzene rings is 2. The predicted molar refractivity (Wildman–Crippen MR) is 105 cm³/mol. The SMILES string of the molecule is COc1cccc(CO[C@@H](C)C(=O)Nc2ccc(OCCCC(=O)O)cc2)c1. The molecule has 1 atom stereocenters. The van der Waals surface area contributed by atoms with Gasteiger partial charge in [-0.05, 0) is 55.3 Å². The molecule has 0 saturated carbocycles. The molecule has 2 rings (SSSR count). The fourth-order valence-electron chi connectivity index (χ4n) is 2.35. The number of carboxylic acids is 1. The molecule has 0 aromatic heterocycles. The number of carbonyl (C=O) groups is 2. The summed E-state index contributed by atoms with van der Waals surface area (Å²) in [5.41, 5.74) is 1.54. The third kappa shape index (κ3) is 7.28. The highest BCUT2D eigenvalue weighted by Gasteiger charge is 2.14. The molecular formula is C21H25NO6. The van der Waals surface area contributed by atoms with Gasteiger partial charge in [0.05, 0.1) is 20.3 Å². The van der Waals surface area contributed by atoms with Crippen molar-refractivity contribution < 1.29 is 28.9 Å². The molecule has 1 amide bonds. The minimum absolute atomic E-state index is 0.0712. The van der Waals surface area contributed by atoms with Crippen molar-refractivity contribution in [1.82, 2.24) is 0 Å². The van der Waals surface area contributed by atoms with Crippen molar-refractivity contribution >= 4 is 17.6 Å². The molecule has 0 fully saturated rings. The monoisotopic (exact) mass is 387 g/mol. The molecule has 150 valence electrons. The first-order valence-corrected chi connectivity index (χ1v) is 8.98. The largest absolute Gasteiger partial charge is 0.497 e. The molecule has 0 unspecified atom stereocenters. The average molecular weight is 387 g/mol. The van der Waals surface area contributed by atoms with Crippen LogP contribution >= 0.6 is 0 Å². The van der Waals surface area contributed by atoms with Crippen molar-refractivity contribution in [2.75, 3.05) is 19.0 Å². The molecule has 0 radical (unpaired) electrons. The van der Waals surface area contributed by atoms with Crippen LogP contribution in [0.4, 0.5) is 5.69 Å². The van der Waals surface area contributed by atoms with Gasteiger partial charge in [-0.25, -0.2) is 0 Å². The van der Waals surface area contributed by atoms with Gasteiger partial charge in [0, 0.05) is 12.1 Å². The van der Waals surface area contributed by atoms with E-state index in [1.54, 1.807) is 38.3 Å². The Hall–Kier alpha value is -3.06. The maximum atomic E-state index is 12.3. The second-order valence-corrected chi connectivity index (χ2v) is 6.16. The first-order chi connectivity index (χ1) is 13.5. The van der Waals surface area contributed by atoms with E-state index in [2.05, 4.69) is 5.32 Å². The zero-order valence-corrected chi connectivity index (χ0v) is 16.0. The summed E-state index contributed by atoms with van der Waals surface area (Å²) in [6.45, 7) is 2.32. The molecule has 7 heteroatoms. The van der Waals surface area contributed by atoms with E-state index in [1.807, 2.05) is 24.3 Å². The summed E-state index contributed by atoms with van der Waals surface area (Å²) < 4.78 is 16.3. The molecule has 7 nitrogen and oxygen atoms in total. The summed E-state index contributed by atoms with van der Waals surface area (Å²) in [5, 5.41) is 11.4. The standard InChI is InChI=1S/C21H25NO6/c1-15(28-14-16-5-3-6-19(13-16)26-2)21(25)22-17-8-10-18(11-9-17)27-12-4-7-20(23)24/h3,5-6,8-11,13,15H,4,7,12,14H2,1-2H3,(H,22,25)(H,23,24)/t15-/m0/s1. The minimum Gasteiger partial charge on any atom is -0.497 e. The van der Waals surface area contributed by atoms with Crippen LogP contribution in [0.2, 0.25) is 0 Å². The Morgan fingerprint density at radius 2 is 1.86 bits per heavy atom. The summed E-state index contributed by atoms with van der Waals surface area (Å²) in [4.78, 5) is 22.7. The molecule has 0 spiro atoms. The fraction of sp³-hybridized carbons (Fsp3) is 0.333. The van der Waals surface area contributed by atoms with Gasteiger partial charge in [-0.1, -0.05) is 12.1 Å². The molecule has 0 saturated heterocycles. The van der Waals surface area contributed by atoms with E-state index in [9.17, 15) is 9.59 Å². The van der Waals surface area contributed by atoms with Gasteiger partial charge in [0.15, 0.2) is 0 Å². The zero-order valence-electron chi connectivity index (χ0n) is 16.0. The van der Waals surface area contributed by atoms with Gasteiger partial charge in [0.25, 0.3) is 5.91 Å². The van der Waals surface area contributed by atoms with Gasteiger partial charge < -0.3 is 24.6 Å². The highest BCUT2D eigenvalue weighted by molar-refractivity contribution is 5.93. The van der Waals surface area contributed by atoms with E-state index < -0.39 is 12.1 Å². The number of nitrogens with one attached hydrogen (secondary N) is 1. The summed E-state index contributed by atoms with van der Waals surface area (Å²) in [7, 11) is 1.60. The molecule has 0 heterocycles. The van der Waals surface area contributed by atoms with Gasteiger partial charge in [0.1, 0.15) is 17.6 Å². The van der Waals surface area contributed by atoms with Crippen LogP contribution < -0.4 is 14.8 Å². The number of amides is 1. The lowest BCUT2D eigenvalue weighted by atomic mass is 10.2. The normalized spacial score (nSPS) is 11.5. The van der Waals surface area contributed by atoms with Gasteiger partial charge in [0.2, 0.25) is 0 Å². The summed E-state index contributed by atoms with van der Waals surface area (Å²) in [6.07, 6.45) is -0.115. The van der Waals surface area contributed by atoms with Crippen molar-refractivity contribution in [3.63, 3.8) is 0 Å². The number of ether oxygens (including phenoxy) is 3. The molecule has 0 bridgehead atoms. The van der Waals surface area contributed by atoms with Crippen LogP contribution in [0.5, 0.6) is 11.5 Å². The number of hydrogen-bond acceptors (Lipinski definition) is 5. The molecule has 0 aliphatic rings. The van der Waals surface area contributed by atoms with Crippen LogP contribution in [-0.2, 0) is 20.9 Å². The quantitative estimate of drug-likeness (QED) is 0.573. The highest BCUT2D eigenvalue weighted by Crippen LogP contribution is 2.17. The van der Waals surface area contributed by atoms with Crippen LogP contribution in [0, 0.1) is 0 Å². The maximum absolute atomic E-state index is 12.3. The maximum Gasteiger partial charge on any atom is 0.303 e. The number of carboxylic acid groups (broad SMARTS) is 1. The highest BCUT2D eigenvalue weighted by atomic mass is 16.5. The summed E-state index contributed by atoms with van der Waals surface area (Å²) in [5.74, 6) is 0.261. The Morgan fingerprint density at radius 1 is 1.11 bits per heavy atom. The number of hydrogen-bond donors (Lipinski definition) is 2. The van der Waals surface area contributed by atoms with Gasteiger partial charge >= 0.3 is 5.97 Å². The van der Waals surface area contributed by atoms with Crippen molar-refractivity contribution in [2.45, 2.75) is 32.5 Å².